The molecule has 1 spiro atoms. The minimum Gasteiger partial charge on any atom is -0.336 e. The highest BCUT2D eigenvalue weighted by atomic mass is 79.9. The Bertz CT molecular complexity index is 538. The highest BCUT2D eigenvalue weighted by molar-refractivity contribution is 9.09. The number of benzene rings is 1. The summed E-state index contributed by atoms with van der Waals surface area (Å²) in [6.07, 6.45) is 0. The van der Waals surface area contributed by atoms with E-state index in [2.05, 4.69) is 15.9 Å². The molecule has 0 aromatic heterocycles. The molecule has 1 amide bonds. The number of carbonyl (C=O) groups excluding carboxylic acids is 1. The van der Waals surface area contributed by atoms with E-state index in [1.54, 1.807) is 4.90 Å². The first-order valence-corrected chi connectivity index (χ1v) is 7.50. The van der Waals surface area contributed by atoms with Gasteiger partial charge in [0.05, 0.1) is 18.9 Å². The van der Waals surface area contributed by atoms with Crippen LogP contribution in [0.25, 0.3) is 0 Å². The predicted octanol–water partition coefficient (Wildman–Crippen LogP) is 2.24. The van der Waals surface area contributed by atoms with Crippen molar-refractivity contribution < 1.29 is 14.3 Å². The third kappa shape index (κ3) is 1.68. The van der Waals surface area contributed by atoms with E-state index in [4.69, 9.17) is 9.47 Å². The molecule has 0 bridgehead atoms. The molecule has 19 heavy (non-hydrogen) atoms. The van der Waals surface area contributed by atoms with Crippen molar-refractivity contribution in [3.8, 4) is 0 Å². The zero-order valence-corrected chi connectivity index (χ0v) is 12.6. The molecular formula is C14H16BrNO3. The molecule has 5 heteroatoms. The molecular weight excluding hydrogens is 310 g/mol. The van der Waals surface area contributed by atoms with Crippen molar-refractivity contribution in [2.45, 2.75) is 19.6 Å². The van der Waals surface area contributed by atoms with Crippen molar-refractivity contribution in [2.24, 2.45) is 0 Å². The van der Waals surface area contributed by atoms with Crippen LogP contribution in [-0.4, -0.2) is 31.0 Å². The quantitative estimate of drug-likeness (QED) is 0.783. The summed E-state index contributed by atoms with van der Waals surface area (Å²) in [6.45, 7) is 5.54. The van der Waals surface area contributed by atoms with Crippen LogP contribution in [0.4, 0.5) is 5.69 Å². The first-order chi connectivity index (χ1) is 9.12. The first-order valence-electron chi connectivity index (χ1n) is 6.38. The van der Waals surface area contributed by atoms with Crippen LogP contribution in [0.1, 0.15) is 16.7 Å². The van der Waals surface area contributed by atoms with Crippen LogP contribution in [-0.2, 0) is 20.1 Å². The SMILES string of the molecule is Cc1ccc(C)c2c1N(CCBr)C(=O)C21OCCO1. The van der Waals surface area contributed by atoms with Gasteiger partial charge in [0.2, 0.25) is 0 Å². The molecule has 4 nitrogen and oxygen atoms in total. The maximum absolute atomic E-state index is 12.7. The first kappa shape index (κ1) is 13.1. The average Bonchev–Trinajstić information content (AvgIpc) is 2.96. The summed E-state index contributed by atoms with van der Waals surface area (Å²) in [5.74, 6) is -1.30. The second-order valence-electron chi connectivity index (χ2n) is 4.88. The van der Waals surface area contributed by atoms with Crippen LogP contribution in [0.5, 0.6) is 0 Å². The van der Waals surface area contributed by atoms with Crippen LogP contribution in [0.3, 0.4) is 0 Å². The van der Waals surface area contributed by atoms with Gasteiger partial charge in [-0.25, -0.2) is 0 Å². The van der Waals surface area contributed by atoms with Crippen molar-refractivity contribution in [1.29, 1.82) is 0 Å². The summed E-state index contributed by atoms with van der Waals surface area (Å²) in [7, 11) is 0. The zero-order chi connectivity index (χ0) is 13.6. The molecule has 1 saturated heterocycles. The number of hydrogen-bond donors (Lipinski definition) is 0. The van der Waals surface area contributed by atoms with Gasteiger partial charge in [0.15, 0.2) is 0 Å². The van der Waals surface area contributed by atoms with Gasteiger partial charge < -0.3 is 14.4 Å². The van der Waals surface area contributed by atoms with Crippen molar-refractivity contribution in [3.63, 3.8) is 0 Å². The minimum absolute atomic E-state index is 0.100. The number of hydrogen-bond acceptors (Lipinski definition) is 3. The van der Waals surface area contributed by atoms with Gasteiger partial charge in [-0.15, -0.1) is 0 Å². The Morgan fingerprint density at radius 1 is 1.26 bits per heavy atom. The van der Waals surface area contributed by atoms with Gasteiger partial charge in [0, 0.05) is 17.4 Å². The monoisotopic (exact) mass is 325 g/mol. The van der Waals surface area contributed by atoms with E-state index in [0.717, 1.165) is 27.7 Å². The molecule has 0 atom stereocenters. The normalized spacial score (nSPS) is 20.4. The Morgan fingerprint density at radius 3 is 2.53 bits per heavy atom. The fraction of sp³-hybridized carbons (Fsp3) is 0.500. The van der Waals surface area contributed by atoms with Gasteiger partial charge in [-0.05, 0) is 25.0 Å². The number of rotatable bonds is 2. The van der Waals surface area contributed by atoms with Gasteiger partial charge in [-0.2, -0.15) is 0 Å². The molecule has 2 heterocycles. The molecule has 0 unspecified atom stereocenters. The largest absolute Gasteiger partial charge is 0.336 e. The fourth-order valence-electron chi connectivity index (χ4n) is 2.92. The third-order valence-corrected chi connectivity index (χ3v) is 4.07. The highest BCUT2D eigenvalue weighted by Crippen LogP contribution is 2.48. The van der Waals surface area contributed by atoms with Crippen LogP contribution < -0.4 is 4.90 Å². The smallest absolute Gasteiger partial charge is 0.292 e. The second-order valence-corrected chi connectivity index (χ2v) is 5.68. The van der Waals surface area contributed by atoms with Crippen molar-refractivity contribution in [1.82, 2.24) is 0 Å². The number of fused-ring (bicyclic) bond motifs is 2. The van der Waals surface area contributed by atoms with E-state index in [1.165, 1.54) is 0 Å². The summed E-state index contributed by atoms with van der Waals surface area (Å²) in [4.78, 5) is 14.5. The van der Waals surface area contributed by atoms with Gasteiger partial charge in [-0.1, -0.05) is 28.1 Å². The summed E-state index contributed by atoms with van der Waals surface area (Å²) in [5, 5.41) is 0.724. The minimum atomic E-state index is -1.20. The highest BCUT2D eigenvalue weighted by Gasteiger charge is 2.57. The molecule has 102 valence electrons. The molecule has 0 radical (unpaired) electrons. The number of nitrogens with zero attached hydrogens (tertiary/aromatic N) is 1. The molecule has 0 saturated carbocycles. The molecule has 1 aromatic rings. The lowest BCUT2D eigenvalue weighted by atomic mass is 9.98. The van der Waals surface area contributed by atoms with E-state index >= 15 is 0 Å². The summed E-state index contributed by atoms with van der Waals surface area (Å²) >= 11 is 3.40. The molecule has 1 aromatic carbocycles. The van der Waals surface area contributed by atoms with Gasteiger partial charge in [0.25, 0.3) is 11.7 Å². The Kier molecular flexibility index (Phi) is 3.15. The fourth-order valence-corrected chi connectivity index (χ4v) is 3.28. The molecule has 1 fully saturated rings. The van der Waals surface area contributed by atoms with Gasteiger partial charge in [0.1, 0.15) is 0 Å². The third-order valence-electron chi connectivity index (χ3n) is 3.72. The number of amides is 1. The Labute approximate surface area is 120 Å². The van der Waals surface area contributed by atoms with E-state index in [1.807, 2.05) is 26.0 Å². The lowest BCUT2D eigenvalue weighted by molar-refractivity contribution is -0.180. The topological polar surface area (TPSA) is 38.8 Å². The Morgan fingerprint density at radius 2 is 1.89 bits per heavy atom. The van der Waals surface area contributed by atoms with E-state index < -0.39 is 5.79 Å². The van der Waals surface area contributed by atoms with Gasteiger partial charge >= 0.3 is 0 Å². The number of alkyl halides is 1. The van der Waals surface area contributed by atoms with E-state index in [9.17, 15) is 4.79 Å². The standard InChI is InChI=1S/C14H16BrNO3/c1-9-3-4-10(2)12-11(9)14(18-7-8-19-14)13(17)16(12)6-5-15/h3-4H,5-8H2,1-2H3. The average molecular weight is 326 g/mol. The maximum Gasteiger partial charge on any atom is 0.292 e. The Hall–Kier alpha value is -0.910. The Balaban J connectivity index is 2.24. The van der Waals surface area contributed by atoms with E-state index in [-0.39, 0.29) is 5.91 Å². The lowest BCUT2D eigenvalue weighted by Crippen LogP contribution is -2.42. The zero-order valence-electron chi connectivity index (χ0n) is 11.0. The maximum atomic E-state index is 12.7. The molecule has 0 aliphatic carbocycles. The van der Waals surface area contributed by atoms with E-state index in [0.29, 0.717) is 19.8 Å². The second kappa shape index (κ2) is 4.58. The number of aryl methyl sites for hydroxylation is 2. The predicted molar refractivity (Wildman–Crippen MR) is 75.6 cm³/mol. The summed E-state index contributed by atoms with van der Waals surface area (Å²) < 4.78 is 11.4. The molecule has 2 aliphatic rings. The van der Waals surface area contributed by atoms with Crippen molar-refractivity contribution in [2.75, 3.05) is 30.0 Å². The number of carbonyl (C=O) groups is 1. The van der Waals surface area contributed by atoms with Crippen LogP contribution in [0.15, 0.2) is 12.1 Å². The number of ether oxygens (including phenoxy) is 2. The summed E-state index contributed by atoms with van der Waals surface area (Å²) in [6, 6.07) is 4.06. The van der Waals surface area contributed by atoms with Crippen LogP contribution in [0, 0.1) is 13.8 Å². The van der Waals surface area contributed by atoms with Gasteiger partial charge in [-0.3, -0.25) is 4.79 Å². The van der Waals surface area contributed by atoms with Crippen LogP contribution >= 0.6 is 15.9 Å². The molecule has 3 rings (SSSR count). The number of anilines is 1. The summed E-state index contributed by atoms with van der Waals surface area (Å²) in [5.41, 5.74) is 3.95. The lowest BCUT2D eigenvalue weighted by Gasteiger charge is -2.22. The molecule has 2 aliphatic heterocycles. The van der Waals surface area contributed by atoms with Crippen molar-refractivity contribution >= 4 is 27.5 Å². The molecule has 0 N–H and O–H groups in total. The van der Waals surface area contributed by atoms with Crippen LogP contribution in [0.2, 0.25) is 0 Å². The van der Waals surface area contributed by atoms with Crippen molar-refractivity contribution in [3.05, 3.63) is 28.8 Å². The number of halogens is 1.